The van der Waals surface area contributed by atoms with E-state index in [2.05, 4.69) is 20.2 Å². The maximum absolute atomic E-state index is 12.6. The average molecular weight is 388 g/mol. The van der Waals surface area contributed by atoms with Crippen LogP contribution in [0.1, 0.15) is 30.1 Å². The highest BCUT2D eigenvalue weighted by molar-refractivity contribution is 6.05. The molecule has 4 rings (SSSR count). The molecule has 0 saturated carbocycles. The fourth-order valence-corrected chi connectivity index (χ4v) is 3.41. The van der Waals surface area contributed by atoms with Gasteiger partial charge >= 0.3 is 0 Å². The Morgan fingerprint density at radius 2 is 1.69 bits per heavy atom. The smallest absolute Gasteiger partial charge is 0.255 e. The third-order valence-corrected chi connectivity index (χ3v) is 4.94. The third-order valence-electron chi connectivity index (χ3n) is 4.94. The van der Waals surface area contributed by atoms with Crippen molar-refractivity contribution in [2.45, 2.75) is 19.8 Å². The summed E-state index contributed by atoms with van der Waals surface area (Å²) in [6.07, 6.45) is 6.08. The van der Waals surface area contributed by atoms with Gasteiger partial charge in [-0.05, 0) is 49.6 Å². The van der Waals surface area contributed by atoms with Gasteiger partial charge in [0.1, 0.15) is 5.75 Å². The molecule has 29 heavy (non-hydrogen) atoms. The molecular formula is C23H24N4O2. The Kier molecular flexibility index (Phi) is 5.70. The van der Waals surface area contributed by atoms with Gasteiger partial charge in [0, 0.05) is 36.6 Å². The van der Waals surface area contributed by atoms with E-state index in [9.17, 15) is 4.79 Å². The number of nitrogens with one attached hydrogen (secondary N) is 1. The number of carbonyl (C=O) groups is 1. The summed E-state index contributed by atoms with van der Waals surface area (Å²) in [5.74, 6) is 1.27. The number of hydrogen-bond acceptors (Lipinski definition) is 5. The van der Waals surface area contributed by atoms with Crippen LogP contribution in [0.4, 0.5) is 11.6 Å². The lowest BCUT2D eigenvalue weighted by atomic mass is 10.1. The highest BCUT2D eigenvalue weighted by atomic mass is 16.5. The first-order valence-electron chi connectivity index (χ1n) is 9.95. The minimum Gasteiger partial charge on any atom is -0.492 e. The number of nitrogens with zero attached hydrogens (tertiary/aromatic N) is 3. The third kappa shape index (κ3) is 4.37. The van der Waals surface area contributed by atoms with Crippen LogP contribution in [0.5, 0.6) is 5.75 Å². The molecule has 2 aromatic carbocycles. The summed E-state index contributed by atoms with van der Waals surface area (Å²) >= 11 is 0. The van der Waals surface area contributed by atoms with Crippen molar-refractivity contribution in [3.63, 3.8) is 0 Å². The molecule has 0 radical (unpaired) electrons. The second kappa shape index (κ2) is 8.73. The standard InChI is InChI=1S/C23H24N4O2/c1-2-29-21-8-4-3-7-20(21)26-22(28)18-11-9-17(10-12-18)19-15-24-23(25-16-19)27-13-5-6-14-27/h3-4,7-12,15-16H,2,5-6,13-14H2,1H3,(H,26,28). The zero-order valence-corrected chi connectivity index (χ0v) is 16.5. The molecule has 0 unspecified atom stereocenters. The van der Waals surface area contributed by atoms with Crippen LogP contribution < -0.4 is 15.0 Å². The summed E-state index contributed by atoms with van der Waals surface area (Å²) in [6, 6.07) is 14.9. The first kappa shape index (κ1) is 18.9. The second-order valence-electron chi connectivity index (χ2n) is 6.93. The summed E-state index contributed by atoms with van der Waals surface area (Å²) in [4.78, 5) is 23.8. The van der Waals surface area contributed by atoms with E-state index in [1.165, 1.54) is 12.8 Å². The molecule has 0 aliphatic carbocycles. The van der Waals surface area contributed by atoms with Gasteiger partial charge in [-0.2, -0.15) is 0 Å². The fraction of sp³-hybridized carbons (Fsp3) is 0.261. The number of benzene rings is 2. The zero-order chi connectivity index (χ0) is 20.1. The van der Waals surface area contributed by atoms with Crippen molar-refractivity contribution >= 4 is 17.5 Å². The maximum Gasteiger partial charge on any atom is 0.255 e. The molecule has 6 nitrogen and oxygen atoms in total. The average Bonchev–Trinajstić information content (AvgIpc) is 3.30. The molecule has 0 atom stereocenters. The maximum atomic E-state index is 12.6. The van der Waals surface area contributed by atoms with E-state index in [4.69, 9.17) is 4.74 Å². The Balaban J connectivity index is 1.45. The number of para-hydroxylation sites is 2. The number of amides is 1. The molecule has 148 valence electrons. The van der Waals surface area contributed by atoms with Gasteiger partial charge < -0.3 is 15.0 Å². The lowest BCUT2D eigenvalue weighted by molar-refractivity contribution is 0.102. The van der Waals surface area contributed by atoms with E-state index in [1.807, 2.05) is 67.8 Å². The van der Waals surface area contributed by atoms with Gasteiger partial charge in [-0.15, -0.1) is 0 Å². The minimum atomic E-state index is -0.177. The number of ether oxygens (including phenoxy) is 1. The van der Waals surface area contributed by atoms with Crippen molar-refractivity contribution in [2.75, 3.05) is 29.9 Å². The summed E-state index contributed by atoms with van der Waals surface area (Å²) in [7, 11) is 0. The van der Waals surface area contributed by atoms with Gasteiger partial charge in [-0.25, -0.2) is 9.97 Å². The largest absolute Gasteiger partial charge is 0.492 e. The summed E-state index contributed by atoms with van der Waals surface area (Å²) in [5.41, 5.74) is 3.15. The van der Waals surface area contributed by atoms with Crippen LogP contribution in [0.25, 0.3) is 11.1 Å². The van der Waals surface area contributed by atoms with Crippen LogP contribution in [0.15, 0.2) is 60.9 Å². The predicted molar refractivity (Wildman–Crippen MR) is 114 cm³/mol. The lowest BCUT2D eigenvalue weighted by Gasteiger charge is -2.14. The summed E-state index contributed by atoms with van der Waals surface area (Å²) in [6.45, 7) is 4.50. The number of aromatic nitrogens is 2. The van der Waals surface area contributed by atoms with Gasteiger partial charge in [0.2, 0.25) is 5.95 Å². The quantitative estimate of drug-likeness (QED) is 0.678. The van der Waals surface area contributed by atoms with E-state index in [0.29, 0.717) is 23.6 Å². The number of anilines is 2. The Morgan fingerprint density at radius 1 is 1.00 bits per heavy atom. The first-order chi connectivity index (χ1) is 14.2. The van der Waals surface area contributed by atoms with E-state index in [1.54, 1.807) is 0 Å². The van der Waals surface area contributed by atoms with Gasteiger partial charge in [-0.3, -0.25) is 4.79 Å². The van der Waals surface area contributed by atoms with Crippen molar-refractivity contribution in [2.24, 2.45) is 0 Å². The highest BCUT2D eigenvalue weighted by Crippen LogP contribution is 2.25. The Hall–Kier alpha value is -3.41. The van der Waals surface area contributed by atoms with Crippen molar-refractivity contribution in [1.29, 1.82) is 0 Å². The molecule has 1 aromatic heterocycles. The highest BCUT2D eigenvalue weighted by Gasteiger charge is 2.15. The Morgan fingerprint density at radius 3 is 2.38 bits per heavy atom. The molecular weight excluding hydrogens is 364 g/mol. The normalized spacial score (nSPS) is 13.3. The van der Waals surface area contributed by atoms with Crippen molar-refractivity contribution in [3.05, 3.63) is 66.5 Å². The molecule has 1 aliphatic heterocycles. The molecule has 3 aromatic rings. The zero-order valence-electron chi connectivity index (χ0n) is 16.5. The Bertz CT molecular complexity index is 965. The van der Waals surface area contributed by atoms with Crippen LogP contribution >= 0.6 is 0 Å². The predicted octanol–water partition coefficient (Wildman–Crippen LogP) is 4.39. The van der Waals surface area contributed by atoms with Crippen LogP contribution in [-0.2, 0) is 0 Å². The fourth-order valence-electron chi connectivity index (χ4n) is 3.41. The SMILES string of the molecule is CCOc1ccccc1NC(=O)c1ccc(-c2cnc(N3CCCC3)nc2)cc1. The molecule has 1 saturated heterocycles. The topological polar surface area (TPSA) is 67.3 Å². The molecule has 1 amide bonds. The summed E-state index contributed by atoms with van der Waals surface area (Å²) in [5, 5.41) is 2.92. The van der Waals surface area contributed by atoms with E-state index >= 15 is 0 Å². The number of hydrogen-bond donors (Lipinski definition) is 1. The lowest BCUT2D eigenvalue weighted by Crippen LogP contribution is -2.20. The minimum absolute atomic E-state index is 0.177. The van der Waals surface area contributed by atoms with Crippen LogP contribution in [0.2, 0.25) is 0 Å². The van der Waals surface area contributed by atoms with E-state index in [-0.39, 0.29) is 5.91 Å². The first-order valence-corrected chi connectivity index (χ1v) is 9.95. The summed E-state index contributed by atoms with van der Waals surface area (Å²) < 4.78 is 5.57. The van der Waals surface area contributed by atoms with Crippen LogP contribution in [0.3, 0.4) is 0 Å². The monoisotopic (exact) mass is 388 g/mol. The van der Waals surface area contributed by atoms with Crippen molar-refractivity contribution < 1.29 is 9.53 Å². The van der Waals surface area contributed by atoms with Crippen LogP contribution in [0, 0.1) is 0 Å². The van der Waals surface area contributed by atoms with Crippen LogP contribution in [-0.4, -0.2) is 35.6 Å². The van der Waals surface area contributed by atoms with Crippen molar-refractivity contribution in [1.82, 2.24) is 9.97 Å². The second-order valence-corrected chi connectivity index (χ2v) is 6.93. The molecule has 2 heterocycles. The van der Waals surface area contributed by atoms with E-state index in [0.717, 1.165) is 30.2 Å². The van der Waals surface area contributed by atoms with Gasteiger partial charge in [-0.1, -0.05) is 24.3 Å². The van der Waals surface area contributed by atoms with Gasteiger partial charge in [0.15, 0.2) is 0 Å². The van der Waals surface area contributed by atoms with E-state index < -0.39 is 0 Å². The number of rotatable bonds is 6. The molecule has 1 aliphatic rings. The molecule has 1 N–H and O–H groups in total. The van der Waals surface area contributed by atoms with Gasteiger partial charge in [0.05, 0.1) is 12.3 Å². The number of carbonyl (C=O) groups excluding carboxylic acids is 1. The molecule has 0 bridgehead atoms. The molecule has 0 spiro atoms. The van der Waals surface area contributed by atoms with Gasteiger partial charge in [0.25, 0.3) is 5.91 Å². The molecule has 1 fully saturated rings. The Labute approximate surface area is 170 Å². The molecule has 6 heteroatoms. The van der Waals surface area contributed by atoms with Crippen molar-refractivity contribution in [3.8, 4) is 16.9 Å².